The lowest BCUT2D eigenvalue weighted by molar-refractivity contribution is -0.149. The van der Waals surface area contributed by atoms with Gasteiger partial charge in [0.2, 0.25) is 11.8 Å². The van der Waals surface area contributed by atoms with Crippen molar-refractivity contribution in [2.75, 3.05) is 48.3 Å². The van der Waals surface area contributed by atoms with Gasteiger partial charge < -0.3 is 20.0 Å². The second-order valence-electron chi connectivity index (χ2n) is 11.1. The minimum atomic E-state index is -4.73. The van der Waals surface area contributed by atoms with Crippen molar-refractivity contribution in [3.63, 3.8) is 0 Å². The van der Waals surface area contributed by atoms with Crippen LogP contribution in [0.25, 0.3) is 0 Å². The number of hydrogen-bond acceptors (Lipinski definition) is 6. The number of carbonyl (C=O) groups is 2. The number of likely N-dealkylation sites (tertiary alicyclic amines) is 1. The Morgan fingerprint density at radius 2 is 1.95 bits per heavy atom. The molecule has 1 saturated carbocycles. The molecule has 0 radical (unpaired) electrons. The Labute approximate surface area is 231 Å². The summed E-state index contributed by atoms with van der Waals surface area (Å²) in [5.74, 6) is -0.190. The van der Waals surface area contributed by atoms with Gasteiger partial charge in [0.05, 0.1) is 16.9 Å². The van der Waals surface area contributed by atoms with Crippen molar-refractivity contribution in [1.82, 2.24) is 9.88 Å². The summed E-state index contributed by atoms with van der Waals surface area (Å²) in [6, 6.07) is 9.17. The van der Waals surface area contributed by atoms with Crippen LogP contribution in [0.3, 0.4) is 0 Å². The van der Waals surface area contributed by atoms with Gasteiger partial charge in [-0.15, -0.1) is 0 Å². The largest absolute Gasteiger partial charge is 0.417 e. The van der Waals surface area contributed by atoms with E-state index in [1.807, 2.05) is 29.2 Å². The number of aromatic nitrogens is 1. The van der Waals surface area contributed by atoms with Crippen LogP contribution in [0.15, 0.2) is 43.0 Å². The second kappa shape index (κ2) is 10.2. The Morgan fingerprint density at radius 1 is 1.27 bits per heavy atom. The van der Waals surface area contributed by atoms with Gasteiger partial charge >= 0.3 is 6.18 Å². The van der Waals surface area contributed by atoms with Crippen LogP contribution >= 0.6 is 0 Å². The molecule has 2 amide bonds. The number of halogens is 3. The molecule has 2 aliphatic heterocycles. The average Bonchev–Trinajstić information content (AvgIpc) is 2.87. The lowest BCUT2D eigenvalue weighted by Crippen LogP contribution is -2.64. The molecule has 40 heavy (non-hydrogen) atoms. The first-order chi connectivity index (χ1) is 18.9. The van der Waals surface area contributed by atoms with Crippen molar-refractivity contribution in [1.29, 1.82) is 5.26 Å². The van der Waals surface area contributed by atoms with E-state index in [4.69, 9.17) is 0 Å². The molecule has 3 heterocycles. The number of rotatable bonds is 5. The van der Waals surface area contributed by atoms with Gasteiger partial charge in [0.15, 0.2) is 0 Å². The maximum atomic E-state index is 13.7. The van der Waals surface area contributed by atoms with E-state index in [1.54, 1.807) is 13.1 Å². The highest BCUT2D eigenvalue weighted by molar-refractivity contribution is 6.01. The maximum absolute atomic E-state index is 13.7. The molecular formula is C29H31F3N6O2. The molecule has 1 aromatic heterocycles. The molecule has 8 nitrogen and oxygen atoms in total. The second-order valence-corrected chi connectivity index (χ2v) is 11.1. The number of nitrogens with one attached hydrogen (secondary N) is 1. The summed E-state index contributed by atoms with van der Waals surface area (Å²) in [6.07, 6.45) is -1.08. The normalized spacial score (nSPS) is 20.6. The number of benzene rings is 1. The average molecular weight is 553 g/mol. The first-order valence-corrected chi connectivity index (χ1v) is 13.2. The number of carbonyl (C=O) groups excluding carboxylic acids is 2. The van der Waals surface area contributed by atoms with Crippen LogP contribution in [0.5, 0.6) is 0 Å². The first-order valence-electron chi connectivity index (χ1n) is 13.2. The predicted molar refractivity (Wildman–Crippen MR) is 145 cm³/mol. The van der Waals surface area contributed by atoms with Crippen LogP contribution in [-0.2, 0) is 15.8 Å². The Kier molecular flexibility index (Phi) is 6.98. The topological polar surface area (TPSA) is 92.6 Å². The van der Waals surface area contributed by atoms with Crippen LogP contribution in [-0.4, -0.2) is 61.0 Å². The van der Waals surface area contributed by atoms with Gasteiger partial charge in [-0.2, -0.15) is 18.4 Å². The Bertz CT molecular complexity index is 1390. The van der Waals surface area contributed by atoms with Gasteiger partial charge in [-0.05, 0) is 56.4 Å². The van der Waals surface area contributed by atoms with Gasteiger partial charge in [0, 0.05) is 44.3 Å². The van der Waals surface area contributed by atoms with E-state index < -0.39 is 23.3 Å². The van der Waals surface area contributed by atoms with E-state index in [0.717, 1.165) is 44.2 Å². The van der Waals surface area contributed by atoms with Crippen molar-refractivity contribution in [2.24, 2.45) is 11.3 Å². The standard InChI is InChI=1S/C29H31F3N6O2/c1-4-25(39)38-16-28(17-38)12-19(13-28)15-37-10-9-22(27(40)36(3)23-7-5-6-8-24(23)37)35-26-20(14-33)21(29(30,31)32)11-18(2)34-26/h4-8,11,19,22H,1,9-10,12-13,15-17H2,2-3H3,(H,34,35)/t22-/m0/s1. The molecule has 1 aromatic carbocycles. The highest BCUT2D eigenvalue weighted by Gasteiger charge is 2.53. The zero-order chi connectivity index (χ0) is 28.8. The molecule has 2 fully saturated rings. The SMILES string of the molecule is C=CC(=O)N1CC2(CC(CN3CC[C@H](Nc4nc(C)cc(C(F)(F)F)c4C#N)C(=O)N(C)c4ccccc43)C2)C1. The molecule has 2 aromatic rings. The number of anilines is 3. The number of hydrogen-bond donors (Lipinski definition) is 1. The molecule has 5 rings (SSSR count). The number of amides is 2. The molecular weight excluding hydrogens is 521 g/mol. The molecule has 3 aliphatic rings. The fourth-order valence-electron chi connectivity index (χ4n) is 6.41. The molecule has 0 unspecified atom stereocenters. The minimum absolute atomic E-state index is 0.0389. The number of alkyl halides is 3. The smallest absolute Gasteiger partial charge is 0.369 e. The molecule has 11 heteroatoms. The fourth-order valence-corrected chi connectivity index (χ4v) is 6.41. The number of aryl methyl sites for hydroxylation is 1. The molecule has 0 bridgehead atoms. The van der Waals surface area contributed by atoms with Crippen LogP contribution in [0.1, 0.15) is 36.1 Å². The molecule has 1 aliphatic carbocycles. The van der Waals surface area contributed by atoms with Gasteiger partial charge in [0.1, 0.15) is 23.5 Å². The molecule has 210 valence electrons. The number of pyridine rings is 1. The van der Waals surface area contributed by atoms with E-state index in [2.05, 4.69) is 21.8 Å². The summed E-state index contributed by atoms with van der Waals surface area (Å²) in [4.78, 5) is 35.1. The van der Waals surface area contributed by atoms with Crippen molar-refractivity contribution in [2.45, 2.75) is 38.4 Å². The number of nitriles is 1. The molecule has 1 N–H and O–H groups in total. The Balaban J connectivity index is 1.36. The number of fused-ring (bicyclic) bond motifs is 1. The van der Waals surface area contributed by atoms with E-state index in [1.165, 1.54) is 17.9 Å². The van der Waals surface area contributed by atoms with Crippen LogP contribution in [0.2, 0.25) is 0 Å². The quantitative estimate of drug-likeness (QED) is 0.555. The van der Waals surface area contributed by atoms with Crippen molar-refractivity contribution < 1.29 is 22.8 Å². The monoisotopic (exact) mass is 552 g/mol. The zero-order valence-corrected chi connectivity index (χ0v) is 22.5. The third kappa shape index (κ3) is 4.98. The van der Waals surface area contributed by atoms with Gasteiger partial charge in [-0.3, -0.25) is 9.59 Å². The summed E-state index contributed by atoms with van der Waals surface area (Å²) in [5.41, 5.74) is 0.178. The van der Waals surface area contributed by atoms with Crippen molar-refractivity contribution in [3.8, 4) is 6.07 Å². The highest BCUT2D eigenvalue weighted by Crippen LogP contribution is 2.52. The fraction of sp³-hybridized carbons (Fsp3) is 0.448. The molecule has 1 atom stereocenters. The van der Waals surface area contributed by atoms with Gasteiger partial charge in [-0.25, -0.2) is 4.98 Å². The first kappa shape index (κ1) is 27.5. The van der Waals surface area contributed by atoms with Crippen LogP contribution in [0, 0.1) is 29.6 Å². The summed E-state index contributed by atoms with van der Waals surface area (Å²) >= 11 is 0. The number of likely N-dealkylation sites (N-methyl/N-ethyl adjacent to an activating group) is 1. The lowest BCUT2D eigenvalue weighted by atomic mass is 9.57. The summed E-state index contributed by atoms with van der Waals surface area (Å²) in [7, 11) is 1.65. The summed E-state index contributed by atoms with van der Waals surface area (Å²) in [6.45, 7) is 7.72. The number of nitrogens with zero attached hydrogens (tertiary/aromatic N) is 5. The van der Waals surface area contributed by atoms with Crippen molar-refractivity contribution in [3.05, 3.63) is 59.8 Å². The van der Waals surface area contributed by atoms with Gasteiger partial charge in [0.25, 0.3) is 0 Å². The highest BCUT2D eigenvalue weighted by atomic mass is 19.4. The van der Waals surface area contributed by atoms with E-state index in [9.17, 15) is 28.0 Å². The van der Waals surface area contributed by atoms with E-state index in [-0.39, 0.29) is 28.7 Å². The third-order valence-electron chi connectivity index (χ3n) is 8.24. The Morgan fingerprint density at radius 3 is 2.58 bits per heavy atom. The maximum Gasteiger partial charge on any atom is 0.417 e. The number of para-hydroxylation sites is 2. The molecule has 1 spiro atoms. The van der Waals surface area contributed by atoms with Gasteiger partial charge in [-0.1, -0.05) is 18.7 Å². The molecule has 1 saturated heterocycles. The Hall–Kier alpha value is -4.07. The van der Waals surface area contributed by atoms with Crippen LogP contribution in [0.4, 0.5) is 30.4 Å². The minimum Gasteiger partial charge on any atom is -0.369 e. The van der Waals surface area contributed by atoms with Crippen molar-refractivity contribution >= 4 is 29.0 Å². The summed E-state index contributed by atoms with van der Waals surface area (Å²) in [5, 5.41) is 12.5. The summed E-state index contributed by atoms with van der Waals surface area (Å²) < 4.78 is 41.0. The predicted octanol–water partition coefficient (Wildman–Crippen LogP) is 4.36. The van der Waals surface area contributed by atoms with Crippen LogP contribution < -0.4 is 15.1 Å². The lowest BCUT2D eigenvalue weighted by Gasteiger charge is -2.59. The van der Waals surface area contributed by atoms with E-state index >= 15 is 0 Å². The zero-order valence-electron chi connectivity index (χ0n) is 22.5. The van der Waals surface area contributed by atoms with E-state index in [0.29, 0.717) is 24.6 Å². The third-order valence-corrected chi connectivity index (χ3v) is 8.24.